The Bertz CT molecular complexity index is 563. The highest BCUT2D eigenvalue weighted by molar-refractivity contribution is 6.02. The van der Waals surface area contributed by atoms with Crippen molar-refractivity contribution in [2.24, 2.45) is 5.16 Å². The highest BCUT2D eigenvalue weighted by atomic mass is 16.6. The molecule has 5 nitrogen and oxygen atoms in total. The molecule has 0 radical (unpaired) electrons. The van der Waals surface area contributed by atoms with Crippen LogP contribution in [0.5, 0.6) is 5.75 Å². The van der Waals surface area contributed by atoms with Crippen LogP contribution in [0.2, 0.25) is 0 Å². The van der Waals surface area contributed by atoms with E-state index in [0.717, 1.165) is 30.4 Å². The van der Waals surface area contributed by atoms with Crippen molar-refractivity contribution in [1.82, 2.24) is 0 Å². The first-order valence-corrected chi connectivity index (χ1v) is 7.18. The molecule has 0 aromatic heterocycles. The van der Waals surface area contributed by atoms with E-state index in [9.17, 15) is 4.79 Å². The number of benzene rings is 1. The molecule has 0 saturated heterocycles. The Labute approximate surface area is 124 Å². The highest BCUT2D eigenvalue weighted by Gasteiger charge is 2.32. The molecule has 0 saturated carbocycles. The lowest BCUT2D eigenvalue weighted by molar-refractivity contribution is -0.158. The number of fused-ring (bicyclic) bond motifs is 1. The SMILES string of the molecule is CCOC(=O)C(C)(C)Oc1ccc2c(c1)CCCC2=NO. The van der Waals surface area contributed by atoms with Crippen LogP contribution in [-0.2, 0) is 16.0 Å². The smallest absolute Gasteiger partial charge is 0.349 e. The monoisotopic (exact) mass is 291 g/mol. The van der Waals surface area contributed by atoms with Gasteiger partial charge in [0.2, 0.25) is 0 Å². The predicted molar refractivity (Wildman–Crippen MR) is 79.0 cm³/mol. The van der Waals surface area contributed by atoms with Crippen LogP contribution in [0.25, 0.3) is 0 Å². The van der Waals surface area contributed by atoms with Gasteiger partial charge in [0.1, 0.15) is 5.75 Å². The molecule has 0 unspecified atom stereocenters. The summed E-state index contributed by atoms with van der Waals surface area (Å²) in [7, 11) is 0. The second kappa shape index (κ2) is 6.16. The number of hydrogen-bond donors (Lipinski definition) is 1. The highest BCUT2D eigenvalue weighted by Crippen LogP contribution is 2.28. The first kappa shape index (κ1) is 15.4. The van der Waals surface area contributed by atoms with Gasteiger partial charge in [0.05, 0.1) is 12.3 Å². The minimum atomic E-state index is -1.03. The van der Waals surface area contributed by atoms with Crippen molar-refractivity contribution < 1.29 is 19.5 Å². The number of oxime groups is 1. The first-order valence-electron chi connectivity index (χ1n) is 7.18. The van der Waals surface area contributed by atoms with E-state index < -0.39 is 5.60 Å². The number of aryl methyl sites for hydroxylation is 1. The predicted octanol–water partition coefficient (Wildman–Crippen LogP) is 2.92. The minimum Gasteiger partial charge on any atom is -0.476 e. The van der Waals surface area contributed by atoms with E-state index in [1.54, 1.807) is 26.8 Å². The Morgan fingerprint density at radius 1 is 1.38 bits per heavy atom. The molecule has 114 valence electrons. The van der Waals surface area contributed by atoms with Crippen molar-refractivity contribution in [1.29, 1.82) is 0 Å². The van der Waals surface area contributed by atoms with Crippen molar-refractivity contribution in [3.05, 3.63) is 29.3 Å². The molecule has 2 rings (SSSR count). The summed E-state index contributed by atoms with van der Waals surface area (Å²) in [4.78, 5) is 11.9. The number of esters is 1. The average molecular weight is 291 g/mol. The lowest BCUT2D eigenvalue weighted by atomic mass is 9.90. The Kier molecular flexibility index (Phi) is 4.50. The third-order valence-corrected chi connectivity index (χ3v) is 3.51. The molecule has 0 heterocycles. The molecule has 0 fully saturated rings. The van der Waals surface area contributed by atoms with Crippen LogP contribution < -0.4 is 4.74 Å². The number of rotatable bonds is 4. The van der Waals surface area contributed by atoms with Gasteiger partial charge in [0.15, 0.2) is 5.60 Å². The molecule has 1 aromatic carbocycles. The second-order valence-electron chi connectivity index (χ2n) is 5.55. The van der Waals surface area contributed by atoms with E-state index >= 15 is 0 Å². The number of hydrogen-bond acceptors (Lipinski definition) is 5. The van der Waals surface area contributed by atoms with Crippen molar-refractivity contribution in [2.75, 3.05) is 6.61 Å². The van der Waals surface area contributed by atoms with E-state index in [1.165, 1.54) is 0 Å². The van der Waals surface area contributed by atoms with E-state index in [0.29, 0.717) is 18.1 Å². The lowest BCUT2D eigenvalue weighted by Gasteiger charge is -2.25. The van der Waals surface area contributed by atoms with E-state index in [-0.39, 0.29) is 5.97 Å². The van der Waals surface area contributed by atoms with Gasteiger partial charge in [-0.1, -0.05) is 5.16 Å². The average Bonchev–Trinajstić information content (AvgIpc) is 2.46. The largest absolute Gasteiger partial charge is 0.476 e. The molecule has 0 spiro atoms. The van der Waals surface area contributed by atoms with Gasteiger partial charge in [-0.25, -0.2) is 4.79 Å². The molecule has 1 aliphatic rings. The molecule has 1 N–H and O–H groups in total. The van der Waals surface area contributed by atoms with E-state index in [1.807, 2.05) is 12.1 Å². The van der Waals surface area contributed by atoms with Crippen molar-refractivity contribution in [3.8, 4) is 5.75 Å². The fourth-order valence-electron chi connectivity index (χ4n) is 2.45. The lowest BCUT2D eigenvalue weighted by Crippen LogP contribution is -2.39. The molecular weight excluding hydrogens is 270 g/mol. The molecule has 0 atom stereocenters. The Morgan fingerprint density at radius 3 is 2.81 bits per heavy atom. The first-order chi connectivity index (χ1) is 9.97. The summed E-state index contributed by atoms with van der Waals surface area (Å²) < 4.78 is 10.8. The molecule has 0 aliphatic heterocycles. The number of ether oxygens (including phenoxy) is 2. The van der Waals surface area contributed by atoms with Gasteiger partial charge in [-0.05, 0) is 63.8 Å². The van der Waals surface area contributed by atoms with Crippen LogP contribution in [0.4, 0.5) is 0 Å². The topological polar surface area (TPSA) is 68.1 Å². The Hall–Kier alpha value is -2.04. The van der Waals surface area contributed by atoms with Gasteiger partial charge in [-0.15, -0.1) is 0 Å². The van der Waals surface area contributed by atoms with Gasteiger partial charge in [-0.3, -0.25) is 0 Å². The normalized spacial score (nSPS) is 16.4. The number of carbonyl (C=O) groups excluding carboxylic acids is 1. The van der Waals surface area contributed by atoms with Crippen LogP contribution in [0.3, 0.4) is 0 Å². The van der Waals surface area contributed by atoms with Gasteiger partial charge in [-0.2, -0.15) is 0 Å². The fraction of sp³-hybridized carbons (Fsp3) is 0.500. The maximum atomic E-state index is 11.9. The summed E-state index contributed by atoms with van der Waals surface area (Å²) in [5, 5.41) is 12.4. The third-order valence-electron chi connectivity index (χ3n) is 3.51. The van der Waals surface area contributed by atoms with Crippen LogP contribution in [0.1, 0.15) is 44.7 Å². The Morgan fingerprint density at radius 2 is 2.14 bits per heavy atom. The van der Waals surface area contributed by atoms with Gasteiger partial charge >= 0.3 is 5.97 Å². The van der Waals surface area contributed by atoms with Crippen molar-refractivity contribution >= 4 is 11.7 Å². The minimum absolute atomic E-state index is 0.326. The van der Waals surface area contributed by atoms with E-state index in [2.05, 4.69) is 5.16 Å². The van der Waals surface area contributed by atoms with Crippen molar-refractivity contribution in [3.63, 3.8) is 0 Å². The maximum absolute atomic E-state index is 11.9. The number of carbonyl (C=O) groups is 1. The number of nitrogens with zero attached hydrogens (tertiary/aromatic N) is 1. The summed E-state index contributed by atoms with van der Waals surface area (Å²) in [5.74, 6) is 0.228. The molecule has 5 heteroatoms. The second-order valence-corrected chi connectivity index (χ2v) is 5.55. The standard InChI is InChI=1S/C16H21NO4/c1-4-20-15(18)16(2,3)21-12-8-9-13-11(10-12)6-5-7-14(13)17-19/h8-10,19H,4-7H2,1-3H3. The Balaban J connectivity index is 2.21. The summed E-state index contributed by atoms with van der Waals surface area (Å²) in [6.45, 7) is 5.46. The summed E-state index contributed by atoms with van der Waals surface area (Å²) >= 11 is 0. The summed E-state index contributed by atoms with van der Waals surface area (Å²) in [6.07, 6.45) is 2.63. The molecule has 1 aliphatic carbocycles. The molecule has 0 amide bonds. The van der Waals surface area contributed by atoms with Gasteiger partial charge in [0.25, 0.3) is 0 Å². The van der Waals surface area contributed by atoms with E-state index in [4.69, 9.17) is 14.7 Å². The molecule has 1 aromatic rings. The fourth-order valence-corrected chi connectivity index (χ4v) is 2.45. The van der Waals surface area contributed by atoms with Crippen LogP contribution in [0, 0.1) is 0 Å². The maximum Gasteiger partial charge on any atom is 0.349 e. The summed E-state index contributed by atoms with van der Waals surface area (Å²) in [5.41, 5.74) is 1.69. The van der Waals surface area contributed by atoms with Crippen LogP contribution in [0.15, 0.2) is 23.4 Å². The quantitative estimate of drug-likeness (QED) is 0.526. The van der Waals surface area contributed by atoms with Gasteiger partial charge in [0, 0.05) is 5.56 Å². The van der Waals surface area contributed by atoms with Crippen LogP contribution >= 0.6 is 0 Å². The zero-order valence-corrected chi connectivity index (χ0v) is 12.7. The molecule has 21 heavy (non-hydrogen) atoms. The van der Waals surface area contributed by atoms with Crippen molar-refractivity contribution in [2.45, 2.75) is 45.6 Å². The zero-order valence-electron chi connectivity index (χ0n) is 12.7. The molecular formula is C16H21NO4. The van der Waals surface area contributed by atoms with Gasteiger partial charge < -0.3 is 14.7 Å². The summed E-state index contributed by atoms with van der Waals surface area (Å²) in [6, 6.07) is 5.57. The van der Waals surface area contributed by atoms with Crippen LogP contribution in [-0.4, -0.2) is 29.1 Å². The molecule has 0 bridgehead atoms. The third kappa shape index (κ3) is 3.35. The zero-order chi connectivity index (χ0) is 15.5.